The van der Waals surface area contributed by atoms with Gasteiger partial charge in [0.25, 0.3) is 5.91 Å². The number of esters is 1. The highest BCUT2D eigenvalue weighted by Gasteiger charge is 2.28. The molecule has 2 heterocycles. The molecule has 1 saturated heterocycles. The molecule has 1 aliphatic heterocycles. The van der Waals surface area contributed by atoms with Crippen molar-refractivity contribution < 1.29 is 18.7 Å². The molecule has 0 radical (unpaired) electrons. The summed E-state index contributed by atoms with van der Waals surface area (Å²) in [5.41, 5.74) is 1.53. The van der Waals surface area contributed by atoms with Crippen LogP contribution in [-0.2, 0) is 16.6 Å². The van der Waals surface area contributed by atoms with E-state index in [9.17, 15) is 14.4 Å². The molecular weight excluding hydrogens is 312 g/mol. The molecule has 1 aromatic carbocycles. The molecule has 1 fully saturated rings. The Bertz CT molecular complexity index is 827. The summed E-state index contributed by atoms with van der Waals surface area (Å²) in [6.45, 7) is 3.19. The average Bonchev–Trinajstić information content (AvgIpc) is 2.88. The number of piperidine rings is 1. The van der Waals surface area contributed by atoms with Crippen LogP contribution >= 0.6 is 0 Å². The molecule has 1 aromatic heterocycles. The maximum Gasteiger partial charge on any atom is 0.419 e. The van der Waals surface area contributed by atoms with Crippen LogP contribution in [0.15, 0.2) is 27.4 Å². The number of amides is 1. The first-order chi connectivity index (χ1) is 11.5. The van der Waals surface area contributed by atoms with Crippen LogP contribution in [0.2, 0.25) is 0 Å². The Morgan fingerprint density at radius 3 is 2.67 bits per heavy atom. The fourth-order valence-electron chi connectivity index (χ4n) is 3.03. The molecule has 3 rings (SSSR count). The van der Waals surface area contributed by atoms with Crippen LogP contribution in [0.25, 0.3) is 11.1 Å². The molecule has 0 atom stereocenters. The highest BCUT2D eigenvalue weighted by atomic mass is 16.5. The summed E-state index contributed by atoms with van der Waals surface area (Å²) < 4.78 is 11.6. The predicted octanol–water partition coefficient (Wildman–Crippen LogP) is 1.55. The Hall–Kier alpha value is -2.57. The van der Waals surface area contributed by atoms with E-state index in [1.807, 2.05) is 0 Å². The monoisotopic (exact) mass is 332 g/mol. The molecule has 0 bridgehead atoms. The average molecular weight is 332 g/mol. The zero-order valence-corrected chi connectivity index (χ0v) is 13.8. The Labute approximate surface area is 138 Å². The van der Waals surface area contributed by atoms with Crippen LogP contribution < -0.4 is 5.76 Å². The van der Waals surface area contributed by atoms with Gasteiger partial charge in [-0.2, -0.15) is 0 Å². The van der Waals surface area contributed by atoms with Crippen LogP contribution in [0, 0.1) is 5.92 Å². The van der Waals surface area contributed by atoms with Crippen molar-refractivity contribution in [2.45, 2.75) is 19.8 Å². The highest BCUT2D eigenvalue weighted by molar-refractivity contribution is 5.97. The number of benzene rings is 1. The topological polar surface area (TPSA) is 81.8 Å². The number of rotatable bonds is 3. The third-order valence-corrected chi connectivity index (χ3v) is 4.44. The van der Waals surface area contributed by atoms with E-state index in [1.54, 1.807) is 37.1 Å². The first-order valence-corrected chi connectivity index (χ1v) is 8.06. The van der Waals surface area contributed by atoms with Crippen molar-refractivity contribution in [1.29, 1.82) is 0 Å². The van der Waals surface area contributed by atoms with Crippen LogP contribution in [0.1, 0.15) is 30.1 Å². The minimum absolute atomic E-state index is 0.120. The first kappa shape index (κ1) is 16.3. The molecule has 1 amide bonds. The molecule has 0 spiro atoms. The van der Waals surface area contributed by atoms with Crippen molar-refractivity contribution in [2.75, 3.05) is 19.7 Å². The van der Waals surface area contributed by atoms with Gasteiger partial charge in [0, 0.05) is 25.7 Å². The summed E-state index contributed by atoms with van der Waals surface area (Å²) in [5.74, 6) is -0.892. The van der Waals surface area contributed by atoms with E-state index in [4.69, 9.17) is 9.15 Å². The van der Waals surface area contributed by atoms with Gasteiger partial charge in [-0.25, -0.2) is 4.79 Å². The van der Waals surface area contributed by atoms with Gasteiger partial charge in [-0.3, -0.25) is 14.2 Å². The standard InChI is InChI=1S/C17H20N2O5/c1-3-23-16(21)11-6-8-19(9-7-11)15(20)12-4-5-13-14(10-12)24-17(22)18(13)2/h4-5,10-11H,3,6-9H2,1-2H3. The van der Waals surface area contributed by atoms with Crippen molar-refractivity contribution in [3.63, 3.8) is 0 Å². The van der Waals surface area contributed by atoms with Gasteiger partial charge in [0.05, 0.1) is 18.0 Å². The van der Waals surface area contributed by atoms with E-state index in [0.29, 0.717) is 49.2 Å². The quantitative estimate of drug-likeness (QED) is 0.797. The van der Waals surface area contributed by atoms with Gasteiger partial charge in [-0.1, -0.05) is 0 Å². The normalized spacial score (nSPS) is 15.7. The number of aryl methyl sites for hydroxylation is 1. The second kappa shape index (κ2) is 6.51. The first-order valence-electron chi connectivity index (χ1n) is 8.06. The lowest BCUT2D eigenvalue weighted by Crippen LogP contribution is -2.40. The number of ether oxygens (including phenoxy) is 1. The summed E-state index contributed by atoms with van der Waals surface area (Å²) in [7, 11) is 1.62. The summed E-state index contributed by atoms with van der Waals surface area (Å²) >= 11 is 0. The fraction of sp³-hybridized carbons (Fsp3) is 0.471. The van der Waals surface area contributed by atoms with Crippen molar-refractivity contribution in [3.8, 4) is 0 Å². The molecule has 24 heavy (non-hydrogen) atoms. The zero-order chi connectivity index (χ0) is 17.3. The summed E-state index contributed by atoms with van der Waals surface area (Å²) in [4.78, 5) is 37.6. The van der Waals surface area contributed by atoms with Gasteiger partial charge in [-0.05, 0) is 38.0 Å². The van der Waals surface area contributed by atoms with Gasteiger partial charge in [0.15, 0.2) is 5.58 Å². The number of hydrogen-bond donors (Lipinski definition) is 0. The molecule has 2 aromatic rings. The Balaban J connectivity index is 1.71. The number of nitrogens with zero attached hydrogens (tertiary/aromatic N) is 2. The maximum absolute atomic E-state index is 12.6. The van der Waals surface area contributed by atoms with E-state index in [-0.39, 0.29) is 17.8 Å². The lowest BCUT2D eigenvalue weighted by atomic mass is 9.96. The number of carbonyl (C=O) groups excluding carboxylic acids is 2. The highest BCUT2D eigenvalue weighted by Crippen LogP contribution is 2.22. The van der Waals surface area contributed by atoms with Crippen molar-refractivity contribution >= 4 is 23.0 Å². The van der Waals surface area contributed by atoms with Crippen LogP contribution in [0.3, 0.4) is 0 Å². The number of hydrogen-bond acceptors (Lipinski definition) is 5. The molecule has 0 N–H and O–H groups in total. The van der Waals surface area contributed by atoms with Crippen molar-refractivity contribution in [3.05, 3.63) is 34.3 Å². The summed E-state index contributed by atoms with van der Waals surface area (Å²) in [6, 6.07) is 4.99. The Morgan fingerprint density at radius 2 is 2.00 bits per heavy atom. The smallest absolute Gasteiger partial charge is 0.419 e. The SMILES string of the molecule is CCOC(=O)C1CCN(C(=O)c2ccc3c(c2)oc(=O)n3C)CC1. The van der Waals surface area contributed by atoms with E-state index < -0.39 is 5.76 Å². The summed E-state index contributed by atoms with van der Waals surface area (Å²) in [6.07, 6.45) is 1.21. The molecule has 0 aliphatic carbocycles. The molecule has 128 valence electrons. The Morgan fingerprint density at radius 1 is 1.29 bits per heavy atom. The molecular formula is C17H20N2O5. The Kier molecular flexibility index (Phi) is 4.42. The number of oxazole rings is 1. The van der Waals surface area contributed by atoms with Crippen LogP contribution in [0.4, 0.5) is 0 Å². The minimum atomic E-state index is -0.454. The third-order valence-electron chi connectivity index (χ3n) is 4.44. The van der Waals surface area contributed by atoms with Gasteiger partial charge >= 0.3 is 11.7 Å². The van der Waals surface area contributed by atoms with Crippen molar-refractivity contribution in [2.24, 2.45) is 13.0 Å². The third kappa shape index (κ3) is 2.93. The number of aromatic nitrogens is 1. The lowest BCUT2D eigenvalue weighted by molar-refractivity contribution is -0.149. The second-order valence-electron chi connectivity index (χ2n) is 5.93. The van der Waals surface area contributed by atoms with Gasteiger partial charge in [0.2, 0.25) is 0 Å². The van der Waals surface area contributed by atoms with Gasteiger partial charge in [-0.15, -0.1) is 0 Å². The van der Waals surface area contributed by atoms with E-state index in [2.05, 4.69) is 0 Å². The molecule has 0 unspecified atom stereocenters. The van der Waals surface area contributed by atoms with E-state index in [0.717, 1.165) is 0 Å². The lowest BCUT2D eigenvalue weighted by Gasteiger charge is -2.30. The van der Waals surface area contributed by atoms with Crippen molar-refractivity contribution in [1.82, 2.24) is 9.47 Å². The van der Waals surface area contributed by atoms with Crippen LogP contribution in [0.5, 0.6) is 0 Å². The molecule has 7 heteroatoms. The number of carbonyl (C=O) groups is 2. The van der Waals surface area contributed by atoms with Crippen LogP contribution in [-0.4, -0.2) is 41.0 Å². The maximum atomic E-state index is 12.6. The predicted molar refractivity (Wildman–Crippen MR) is 86.7 cm³/mol. The summed E-state index contributed by atoms with van der Waals surface area (Å²) in [5, 5.41) is 0. The van der Waals surface area contributed by atoms with Gasteiger partial charge in [0.1, 0.15) is 0 Å². The van der Waals surface area contributed by atoms with Gasteiger partial charge < -0.3 is 14.1 Å². The molecule has 7 nitrogen and oxygen atoms in total. The molecule has 0 saturated carbocycles. The zero-order valence-electron chi connectivity index (χ0n) is 13.8. The van der Waals surface area contributed by atoms with E-state index in [1.165, 1.54) is 4.57 Å². The molecule has 1 aliphatic rings. The number of likely N-dealkylation sites (tertiary alicyclic amines) is 1. The largest absolute Gasteiger partial charge is 0.466 e. The van der Waals surface area contributed by atoms with E-state index >= 15 is 0 Å². The second-order valence-corrected chi connectivity index (χ2v) is 5.93. The number of fused-ring (bicyclic) bond motifs is 1. The fourth-order valence-corrected chi connectivity index (χ4v) is 3.03. The minimum Gasteiger partial charge on any atom is -0.466 e.